The fourth-order valence-electron chi connectivity index (χ4n) is 2.43. The molecule has 3 aromatic heterocycles. The number of ether oxygens (including phenoxy) is 1. The summed E-state index contributed by atoms with van der Waals surface area (Å²) in [5.74, 6) is 0.620. The highest BCUT2D eigenvalue weighted by atomic mass is 16.5. The summed E-state index contributed by atoms with van der Waals surface area (Å²) in [6.45, 7) is 2.17. The van der Waals surface area contributed by atoms with Crippen LogP contribution in [0.25, 0.3) is 10.9 Å². The number of fused-ring (bicyclic) bond motifs is 1. The first-order valence-corrected chi connectivity index (χ1v) is 7.32. The minimum Gasteiger partial charge on any atom is -0.487 e. The van der Waals surface area contributed by atoms with Crippen molar-refractivity contribution in [3.8, 4) is 11.8 Å². The average Bonchev–Trinajstić information content (AvgIpc) is 2.58. The number of nitrogens with one attached hydrogen (secondary N) is 1. The first kappa shape index (κ1) is 15.5. The third kappa shape index (κ3) is 3.03. The quantitative estimate of drug-likeness (QED) is 0.783. The first-order chi connectivity index (χ1) is 11.6. The molecular weight excluding hydrogens is 308 g/mol. The maximum atomic E-state index is 12.6. The summed E-state index contributed by atoms with van der Waals surface area (Å²) in [4.78, 5) is 30.7. The van der Waals surface area contributed by atoms with Gasteiger partial charge in [0.1, 0.15) is 23.5 Å². The summed E-state index contributed by atoms with van der Waals surface area (Å²) >= 11 is 0. The van der Waals surface area contributed by atoms with Gasteiger partial charge in [0, 0.05) is 12.4 Å². The van der Waals surface area contributed by atoms with Gasteiger partial charge in [0.15, 0.2) is 0 Å². The Bertz CT molecular complexity index is 1030. The molecule has 0 unspecified atom stereocenters. The molecule has 0 fully saturated rings. The largest absolute Gasteiger partial charge is 0.487 e. The minimum atomic E-state index is -0.504. The number of aromatic amines is 1. The number of nitriles is 1. The SMILES string of the molecule is C[C@@H](Cn1ccc2[nH]c(=O)c(C#N)cc2c1=O)Oc1cccnc1. The highest BCUT2D eigenvalue weighted by Crippen LogP contribution is 2.11. The monoisotopic (exact) mass is 322 g/mol. The van der Waals surface area contributed by atoms with Gasteiger partial charge in [-0.25, -0.2) is 0 Å². The van der Waals surface area contributed by atoms with Gasteiger partial charge >= 0.3 is 0 Å². The van der Waals surface area contributed by atoms with Gasteiger partial charge < -0.3 is 14.3 Å². The zero-order chi connectivity index (χ0) is 17.1. The number of rotatable bonds is 4. The van der Waals surface area contributed by atoms with Crippen molar-refractivity contribution in [2.24, 2.45) is 0 Å². The molecule has 24 heavy (non-hydrogen) atoms. The fourth-order valence-corrected chi connectivity index (χ4v) is 2.43. The third-order valence-corrected chi connectivity index (χ3v) is 3.53. The number of pyridine rings is 3. The fraction of sp³-hybridized carbons (Fsp3) is 0.176. The second-order valence-electron chi connectivity index (χ2n) is 5.34. The summed E-state index contributed by atoms with van der Waals surface area (Å²) in [7, 11) is 0. The summed E-state index contributed by atoms with van der Waals surface area (Å²) in [6.07, 6.45) is 4.58. The molecule has 0 spiro atoms. The molecular formula is C17H14N4O3. The van der Waals surface area contributed by atoms with Crippen LogP contribution < -0.4 is 15.9 Å². The summed E-state index contributed by atoms with van der Waals surface area (Å²) in [6, 6.07) is 8.29. The molecule has 0 aliphatic heterocycles. The van der Waals surface area contributed by atoms with E-state index < -0.39 is 5.56 Å². The van der Waals surface area contributed by atoms with Crippen LogP contribution in [0.1, 0.15) is 12.5 Å². The number of H-pyrrole nitrogens is 1. The minimum absolute atomic E-state index is 0.0861. The van der Waals surface area contributed by atoms with Gasteiger partial charge in [0.2, 0.25) is 0 Å². The van der Waals surface area contributed by atoms with Crippen LogP contribution in [0.4, 0.5) is 0 Å². The standard InChI is InChI=1S/C17H14N4O3/c1-11(24-13-3-2-5-19-9-13)10-21-6-4-15-14(17(21)23)7-12(8-18)16(22)20-15/h2-7,9,11H,10H2,1H3,(H,20,22)/t11-/m0/s1. The van der Waals surface area contributed by atoms with Crippen LogP contribution in [0.3, 0.4) is 0 Å². The molecule has 0 saturated heterocycles. The molecule has 0 aromatic carbocycles. The van der Waals surface area contributed by atoms with Gasteiger partial charge in [-0.2, -0.15) is 5.26 Å². The van der Waals surface area contributed by atoms with E-state index in [0.29, 0.717) is 23.2 Å². The van der Waals surface area contributed by atoms with E-state index in [2.05, 4.69) is 9.97 Å². The van der Waals surface area contributed by atoms with Crippen LogP contribution >= 0.6 is 0 Å². The topological polar surface area (TPSA) is 101 Å². The molecule has 0 radical (unpaired) electrons. The summed E-state index contributed by atoms with van der Waals surface area (Å²) in [5.41, 5.74) is -0.476. The van der Waals surface area contributed by atoms with Crippen LogP contribution in [-0.4, -0.2) is 20.6 Å². The van der Waals surface area contributed by atoms with E-state index in [4.69, 9.17) is 10.00 Å². The van der Waals surface area contributed by atoms with E-state index in [1.165, 1.54) is 10.6 Å². The molecule has 1 atom stereocenters. The number of aromatic nitrogens is 3. The zero-order valence-corrected chi connectivity index (χ0v) is 12.9. The predicted molar refractivity (Wildman–Crippen MR) is 87.9 cm³/mol. The number of hydrogen-bond acceptors (Lipinski definition) is 5. The van der Waals surface area contributed by atoms with Crippen LogP contribution in [0.5, 0.6) is 5.75 Å². The Kier molecular flexibility index (Phi) is 4.12. The summed E-state index contributed by atoms with van der Waals surface area (Å²) < 4.78 is 7.21. The maximum Gasteiger partial charge on any atom is 0.266 e. The van der Waals surface area contributed by atoms with Crippen LogP contribution in [0.2, 0.25) is 0 Å². The van der Waals surface area contributed by atoms with Gasteiger partial charge in [-0.15, -0.1) is 0 Å². The molecule has 0 bridgehead atoms. The molecule has 0 aliphatic rings. The molecule has 1 N–H and O–H groups in total. The van der Waals surface area contributed by atoms with Crippen molar-refractivity contribution in [3.05, 3.63) is 69.1 Å². The van der Waals surface area contributed by atoms with Gasteiger partial charge in [0.25, 0.3) is 11.1 Å². The lowest BCUT2D eigenvalue weighted by Crippen LogP contribution is -2.28. The molecule has 3 rings (SSSR count). The lowest BCUT2D eigenvalue weighted by atomic mass is 10.2. The average molecular weight is 322 g/mol. The predicted octanol–water partition coefficient (Wildman–Crippen LogP) is 1.42. The molecule has 7 nitrogen and oxygen atoms in total. The van der Waals surface area contributed by atoms with Gasteiger partial charge in [-0.05, 0) is 31.2 Å². The van der Waals surface area contributed by atoms with Crippen molar-refractivity contribution in [1.82, 2.24) is 14.5 Å². The Hall–Kier alpha value is -3.40. The highest BCUT2D eigenvalue weighted by molar-refractivity contribution is 5.78. The van der Waals surface area contributed by atoms with Crippen LogP contribution in [0.15, 0.2) is 52.4 Å². The Morgan fingerprint density at radius 2 is 2.25 bits per heavy atom. The van der Waals surface area contributed by atoms with E-state index in [-0.39, 0.29) is 17.2 Å². The smallest absolute Gasteiger partial charge is 0.266 e. The van der Waals surface area contributed by atoms with Crippen molar-refractivity contribution in [2.75, 3.05) is 0 Å². The van der Waals surface area contributed by atoms with Crippen molar-refractivity contribution in [1.29, 1.82) is 5.26 Å². The Labute approximate surface area is 136 Å². The van der Waals surface area contributed by atoms with E-state index in [1.54, 1.807) is 42.9 Å². The van der Waals surface area contributed by atoms with Crippen molar-refractivity contribution in [3.63, 3.8) is 0 Å². The van der Waals surface area contributed by atoms with E-state index >= 15 is 0 Å². The second-order valence-corrected chi connectivity index (χ2v) is 5.34. The Morgan fingerprint density at radius 3 is 2.96 bits per heavy atom. The first-order valence-electron chi connectivity index (χ1n) is 7.32. The lowest BCUT2D eigenvalue weighted by Gasteiger charge is -2.16. The number of hydrogen-bond donors (Lipinski definition) is 1. The van der Waals surface area contributed by atoms with E-state index in [1.807, 2.05) is 6.92 Å². The molecule has 0 saturated carbocycles. The molecule has 3 heterocycles. The van der Waals surface area contributed by atoms with Gasteiger partial charge in [-0.1, -0.05) is 0 Å². The molecule has 120 valence electrons. The highest BCUT2D eigenvalue weighted by Gasteiger charge is 2.11. The van der Waals surface area contributed by atoms with Crippen molar-refractivity contribution in [2.45, 2.75) is 19.6 Å². The van der Waals surface area contributed by atoms with Crippen LogP contribution in [0, 0.1) is 11.3 Å². The molecule has 0 amide bonds. The Balaban J connectivity index is 1.91. The molecule has 7 heteroatoms. The molecule has 3 aromatic rings. The van der Waals surface area contributed by atoms with E-state index in [0.717, 1.165) is 0 Å². The van der Waals surface area contributed by atoms with E-state index in [9.17, 15) is 9.59 Å². The maximum absolute atomic E-state index is 12.6. The third-order valence-electron chi connectivity index (χ3n) is 3.53. The second kappa shape index (κ2) is 6.38. The molecule has 0 aliphatic carbocycles. The zero-order valence-electron chi connectivity index (χ0n) is 12.9. The number of nitrogens with zero attached hydrogens (tertiary/aromatic N) is 3. The summed E-state index contributed by atoms with van der Waals surface area (Å²) in [5, 5.41) is 9.24. The van der Waals surface area contributed by atoms with Gasteiger partial charge in [-0.3, -0.25) is 14.6 Å². The van der Waals surface area contributed by atoms with Crippen molar-refractivity contribution < 1.29 is 4.74 Å². The lowest BCUT2D eigenvalue weighted by molar-refractivity contribution is 0.197. The van der Waals surface area contributed by atoms with Gasteiger partial charge in [0.05, 0.1) is 23.6 Å². The van der Waals surface area contributed by atoms with Crippen LogP contribution in [-0.2, 0) is 6.54 Å². The van der Waals surface area contributed by atoms with Crippen molar-refractivity contribution >= 4 is 10.9 Å². The Morgan fingerprint density at radius 1 is 1.42 bits per heavy atom. The normalized spacial score (nSPS) is 11.8.